The summed E-state index contributed by atoms with van der Waals surface area (Å²) in [5.41, 5.74) is 1.65. The first-order chi connectivity index (χ1) is 10.2. The van der Waals surface area contributed by atoms with Gasteiger partial charge in [-0.15, -0.1) is 0 Å². The molecule has 1 heterocycles. The average Bonchev–Trinajstić information content (AvgIpc) is 3.16. The van der Waals surface area contributed by atoms with Crippen molar-refractivity contribution in [2.75, 3.05) is 26.4 Å². The third kappa shape index (κ3) is 3.27. The van der Waals surface area contributed by atoms with Gasteiger partial charge in [0.25, 0.3) is 0 Å². The van der Waals surface area contributed by atoms with Gasteiger partial charge in [-0.3, -0.25) is 4.99 Å². The number of hydrogen-bond acceptors (Lipinski definition) is 3. The van der Waals surface area contributed by atoms with Crippen molar-refractivity contribution in [2.45, 2.75) is 37.3 Å². The Bertz CT molecular complexity index is 492. The number of amidine groups is 1. The zero-order chi connectivity index (χ0) is 14.7. The molecule has 2 aliphatic rings. The number of hydrogen-bond donors (Lipinski definition) is 1. The average molecular weight is 303 g/mol. The van der Waals surface area contributed by atoms with Crippen LogP contribution in [0.25, 0.3) is 0 Å². The zero-order valence-electron chi connectivity index (χ0n) is 13.0. The topological polar surface area (TPSA) is 27.6 Å². The molecular weight excluding hydrogens is 278 g/mol. The third-order valence-corrected chi connectivity index (χ3v) is 5.91. The number of likely N-dealkylation sites (N-methyl/N-ethyl adjacent to an activating group) is 1. The van der Waals surface area contributed by atoms with E-state index in [9.17, 15) is 0 Å². The maximum Gasteiger partial charge on any atom is 0.157 e. The Morgan fingerprint density at radius 3 is 2.62 bits per heavy atom. The van der Waals surface area contributed by atoms with Crippen molar-refractivity contribution < 1.29 is 0 Å². The summed E-state index contributed by atoms with van der Waals surface area (Å²) in [5, 5.41) is 4.70. The Morgan fingerprint density at radius 2 is 1.95 bits per heavy atom. The van der Waals surface area contributed by atoms with Crippen molar-refractivity contribution in [1.29, 1.82) is 0 Å². The Labute approximate surface area is 132 Å². The summed E-state index contributed by atoms with van der Waals surface area (Å²) in [5.74, 6) is 1.08. The highest BCUT2D eigenvalue weighted by Gasteiger charge is 2.36. The van der Waals surface area contributed by atoms with Crippen LogP contribution in [0.3, 0.4) is 0 Å². The smallest absolute Gasteiger partial charge is 0.157 e. The van der Waals surface area contributed by atoms with Crippen molar-refractivity contribution in [3.05, 3.63) is 35.9 Å². The van der Waals surface area contributed by atoms with Crippen LogP contribution in [0.1, 0.15) is 37.3 Å². The number of thioether (sulfide) groups is 1. The molecule has 0 bridgehead atoms. The van der Waals surface area contributed by atoms with Gasteiger partial charge in [-0.1, -0.05) is 54.9 Å². The van der Waals surface area contributed by atoms with Crippen molar-refractivity contribution in [3.8, 4) is 0 Å². The highest BCUT2D eigenvalue weighted by Crippen LogP contribution is 2.34. The van der Waals surface area contributed by atoms with Crippen LogP contribution in [0, 0.1) is 0 Å². The van der Waals surface area contributed by atoms with Gasteiger partial charge >= 0.3 is 0 Å². The van der Waals surface area contributed by atoms with Crippen molar-refractivity contribution in [2.24, 2.45) is 4.99 Å². The molecule has 1 aromatic carbocycles. The van der Waals surface area contributed by atoms with Crippen LogP contribution in [-0.4, -0.2) is 42.0 Å². The fourth-order valence-electron chi connectivity index (χ4n) is 3.35. The van der Waals surface area contributed by atoms with Crippen LogP contribution in [0.2, 0.25) is 0 Å². The second-order valence-electron chi connectivity index (χ2n) is 6.37. The van der Waals surface area contributed by atoms with Gasteiger partial charge in [-0.2, -0.15) is 0 Å². The summed E-state index contributed by atoms with van der Waals surface area (Å²) < 4.78 is 0. The first kappa shape index (κ1) is 14.9. The zero-order valence-corrected chi connectivity index (χ0v) is 13.8. The number of nitrogens with one attached hydrogen (secondary N) is 1. The maximum absolute atomic E-state index is 4.90. The first-order valence-corrected chi connectivity index (χ1v) is 8.84. The van der Waals surface area contributed by atoms with Gasteiger partial charge < -0.3 is 10.2 Å². The van der Waals surface area contributed by atoms with Crippen molar-refractivity contribution in [1.82, 2.24) is 10.2 Å². The predicted octanol–water partition coefficient (Wildman–Crippen LogP) is 3.29. The molecule has 2 fully saturated rings. The Balaban J connectivity index is 1.63. The fourth-order valence-corrected chi connectivity index (χ4v) is 4.33. The van der Waals surface area contributed by atoms with E-state index in [-0.39, 0.29) is 0 Å². The van der Waals surface area contributed by atoms with Crippen LogP contribution < -0.4 is 5.32 Å². The molecule has 21 heavy (non-hydrogen) atoms. The molecule has 0 amide bonds. The van der Waals surface area contributed by atoms with Crippen molar-refractivity contribution >= 4 is 16.9 Å². The molecule has 114 valence electrons. The lowest BCUT2D eigenvalue weighted by Crippen LogP contribution is -2.44. The molecule has 1 N–H and O–H groups in total. The van der Waals surface area contributed by atoms with E-state index in [0.29, 0.717) is 11.6 Å². The highest BCUT2D eigenvalue weighted by molar-refractivity contribution is 8.14. The number of nitrogens with zero attached hydrogens (tertiary/aromatic N) is 2. The molecule has 4 heteroatoms. The third-order valence-electron chi connectivity index (χ3n) is 4.89. The van der Waals surface area contributed by atoms with Gasteiger partial charge in [0.15, 0.2) is 5.17 Å². The molecule has 3 rings (SSSR count). The minimum absolute atomic E-state index is 0.292. The summed E-state index contributed by atoms with van der Waals surface area (Å²) in [7, 11) is 4.40. The van der Waals surface area contributed by atoms with E-state index in [1.54, 1.807) is 0 Å². The molecule has 1 saturated heterocycles. The molecule has 1 aliphatic heterocycles. The van der Waals surface area contributed by atoms with Crippen molar-refractivity contribution in [3.63, 3.8) is 0 Å². The number of benzene rings is 1. The van der Waals surface area contributed by atoms with Gasteiger partial charge in [0.1, 0.15) is 0 Å². The molecule has 1 unspecified atom stereocenters. The van der Waals surface area contributed by atoms with E-state index in [4.69, 9.17) is 4.99 Å². The van der Waals surface area contributed by atoms with Gasteiger partial charge in [-0.25, -0.2) is 0 Å². The van der Waals surface area contributed by atoms with E-state index in [0.717, 1.165) is 17.5 Å². The predicted molar refractivity (Wildman–Crippen MR) is 92.0 cm³/mol. The molecule has 0 radical (unpaired) electrons. The molecule has 1 saturated carbocycles. The maximum atomic E-state index is 4.90. The normalized spacial score (nSPS) is 26.4. The largest absolute Gasteiger partial charge is 0.357 e. The van der Waals surface area contributed by atoms with Crippen LogP contribution in [0.15, 0.2) is 35.3 Å². The molecule has 0 aromatic heterocycles. The summed E-state index contributed by atoms with van der Waals surface area (Å²) in [6.45, 7) is 0.927. The quantitative estimate of drug-likeness (QED) is 0.925. The van der Waals surface area contributed by atoms with Gasteiger partial charge in [-0.05, 0) is 32.5 Å². The highest BCUT2D eigenvalue weighted by atomic mass is 32.2. The molecule has 1 atom stereocenters. The standard InChI is InChI=1S/C17H25N3S/c1-20(2)17(10-6-7-11-17)13-18-16-19-15(12-21-16)14-8-4-3-5-9-14/h3-5,8-9,15H,6-7,10-13H2,1-2H3,(H,18,19). The Kier molecular flexibility index (Phi) is 4.55. The van der Waals surface area contributed by atoms with Crippen LogP contribution in [0.4, 0.5) is 0 Å². The van der Waals surface area contributed by atoms with E-state index >= 15 is 0 Å². The van der Waals surface area contributed by atoms with Crippen LogP contribution in [0.5, 0.6) is 0 Å². The summed E-state index contributed by atoms with van der Waals surface area (Å²) in [4.78, 5) is 7.29. The summed E-state index contributed by atoms with van der Waals surface area (Å²) in [6, 6.07) is 11.1. The van der Waals surface area contributed by atoms with E-state index in [2.05, 4.69) is 54.6 Å². The van der Waals surface area contributed by atoms with Crippen LogP contribution in [-0.2, 0) is 0 Å². The molecular formula is C17H25N3S. The minimum Gasteiger partial charge on any atom is -0.357 e. The Hall–Kier alpha value is -1.00. The lowest BCUT2D eigenvalue weighted by Gasteiger charge is -2.34. The molecule has 1 aromatic rings. The lowest BCUT2D eigenvalue weighted by atomic mass is 9.96. The van der Waals surface area contributed by atoms with Gasteiger partial charge in [0, 0.05) is 11.3 Å². The summed E-state index contributed by atoms with van der Waals surface area (Å²) >= 11 is 1.86. The Morgan fingerprint density at radius 1 is 1.24 bits per heavy atom. The van der Waals surface area contributed by atoms with E-state index < -0.39 is 0 Å². The van der Waals surface area contributed by atoms with Crippen LogP contribution >= 0.6 is 11.8 Å². The molecule has 3 nitrogen and oxygen atoms in total. The summed E-state index contributed by atoms with van der Waals surface area (Å²) in [6.07, 6.45) is 5.25. The van der Waals surface area contributed by atoms with E-state index in [1.807, 2.05) is 11.8 Å². The SMILES string of the molecule is CN(C)C1(CN=C2NC(c3ccccc3)CS2)CCCC1. The van der Waals surface area contributed by atoms with E-state index in [1.165, 1.54) is 31.2 Å². The monoisotopic (exact) mass is 303 g/mol. The fraction of sp³-hybridized carbons (Fsp3) is 0.588. The second-order valence-corrected chi connectivity index (χ2v) is 7.37. The molecule has 1 aliphatic carbocycles. The number of rotatable bonds is 4. The minimum atomic E-state index is 0.292. The van der Waals surface area contributed by atoms with Gasteiger partial charge in [0.05, 0.1) is 12.6 Å². The molecule has 0 spiro atoms. The first-order valence-electron chi connectivity index (χ1n) is 7.86. The second kappa shape index (κ2) is 6.41. The number of aliphatic imine (C=N–C) groups is 1. The lowest BCUT2D eigenvalue weighted by molar-refractivity contribution is 0.167. The van der Waals surface area contributed by atoms with Gasteiger partial charge in [0.2, 0.25) is 0 Å².